The second-order valence-electron chi connectivity index (χ2n) is 9.67. The van der Waals surface area contributed by atoms with E-state index in [1.807, 2.05) is 0 Å². The lowest BCUT2D eigenvalue weighted by atomic mass is 9.44. The van der Waals surface area contributed by atoms with Gasteiger partial charge in [0.05, 0.1) is 5.60 Å². The molecule has 1 N–H and O–H groups in total. The van der Waals surface area contributed by atoms with E-state index in [9.17, 15) is 5.11 Å². The molecule has 0 spiro atoms. The van der Waals surface area contributed by atoms with Crippen molar-refractivity contribution in [2.24, 2.45) is 34.5 Å². The van der Waals surface area contributed by atoms with Gasteiger partial charge < -0.3 is 5.11 Å². The summed E-state index contributed by atoms with van der Waals surface area (Å²) in [7, 11) is 0. The standard InChI is InChI=1S/C20H34O/c1-18-11-5-4-6-14(18)7-8-15-16(18)9-12-19(2)17(15)10-13-20(19,3)21/h14-17,21H,4-13H2,1-3H3/t14-,15+,16+,17-,18+,19+,20+/m1/s1. The van der Waals surface area contributed by atoms with Crippen LogP contribution in [0.25, 0.3) is 0 Å². The maximum atomic E-state index is 10.9. The van der Waals surface area contributed by atoms with Crippen LogP contribution in [-0.4, -0.2) is 10.7 Å². The van der Waals surface area contributed by atoms with Crippen LogP contribution in [-0.2, 0) is 0 Å². The highest BCUT2D eigenvalue weighted by molar-refractivity contribution is 5.12. The van der Waals surface area contributed by atoms with Gasteiger partial charge in [-0.05, 0) is 92.8 Å². The monoisotopic (exact) mass is 290 g/mol. The summed E-state index contributed by atoms with van der Waals surface area (Å²) < 4.78 is 0. The number of fused-ring (bicyclic) bond motifs is 5. The Morgan fingerprint density at radius 2 is 1.52 bits per heavy atom. The van der Waals surface area contributed by atoms with E-state index in [2.05, 4.69) is 20.8 Å². The van der Waals surface area contributed by atoms with Gasteiger partial charge >= 0.3 is 0 Å². The first-order valence-corrected chi connectivity index (χ1v) is 9.61. The quantitative estimate of drug-likeness (QED) is 0.652. The molecule has 4 aliphatic carbocycles. The number of hydrogen-bond donors (Lipinski definition) is 1. The molecule has 1 heteroatoms. The maximum absolute atomic E-state index is 10.9. The van der Waals surface area contributed by atoms with Crippen molar-refractivity contribution in [1.29, 1.82) is 0 Å². The van der Waals surface area contributed by atoms with Gasteiger partial charge in [0.2, 0.25) is 0 Å². The topological polar surface area (TPSA) is 20.2 Å². The maximum Gasteiger partial charge on any atom is 0.0675 e. The zero-order valence-corrected chi connectivity index (χ0v) is 14.3. The third-order valence-electron chi connectivity index (χ3n) is 9.15. The fourth-order valence-electron chi connectivity index (χ4n) is 7.54. The predicted molar refractivity (Wildman–Crippen MR) is 87.0 cm³/mol. The second kappa shape index (κ2) is 4.49. The van der Waals surface area contributed by atoms with Gasteiger partial charge in [-0.25, -0.2) is 0 Å². The summed E-state index contributed by atoms with van der Waals surface area (Å²) in [5.41, 5.74) is 0.427. The molecule has 0 saturated heterocycles. The molecule has 0 radical (unpaired) electrons. The minimum absolute atomic E-state index is 0.200. The van der Waals surface area contributed by atoms with Gasteiger partial charge in [0.25, 0.3) is 0 Å². The summed E-state index contributed by atoms with van der Waals surface area (Å²) in [6, 6.07) is 0. The third kappa shape index (κ3) is 1.79. The fraction of sp³-hybridized carbons (Fsp3) is 1.00. The molecule has 0 aromatic rings. The summed E-state index contributed by atoms with van der Waals surface area (Å²) >= 11 is 0. The van der Waals surface area contributed by atoms with Crippen molar-refractivity contribution in [2.45, 2.75) is 90.6 Å². The van der Waals surface area contributed by atoms with Gasteiger partial charge in [-0.1, -0.05) is 26.7 Å². The van der Waals surface area contributed by atoms with Crippen molar-refractivity contribution in [3.05, 3.63) is 0 Å². The number of hydrogen-bond acceptors (Lipinski definition) is 1. The highest BCUT2D eigenvalue weighted by atomic mass is 16.3. The Hall–Kier alpha value is -0.0400. The lowest BCUT2D eigenvalue weighted by Crippen LogP contribution is -2.55. The highest BCUT2D eigenvalue weighted by Gasteiger charge is 2.62. The molecule has 4 fully saturated rings. The van der Waals surface area contributed by atoms with E-state index >= 15 is 0 Å². The van der Waals surface area contributed by atoms with Crippen molar-refractivity contribution in [2.75, 3.05) is 0 Å². The first kappa shape index (κ1) is 14.5. The van der Waals surface area contributed by atoms with Crippen LogP contribution in [0.4, 0.5) is 0 Å². The molecule has 120 valence electrons. The fourth-order valence-corrected chi connectivity index (χ4v) is 7.54. The first-order chi connectivity index (χ1) is 9.88. The van der Waals surface area contributed by atoms with Crippen LogP contribution in [0.15, 0.2) is 0 Å². The van der Waals surface area contributed by atoms with Crippen molar-refractivity contribution < 1.29 is 5.11 Å². The van der Waals surface area contributed by atoms with E-state index < -0.39 is 5.60 Å². The Balaban J connectivity index is 1.66. The van der Waals surface area contributed by atoms with Crippen LogP contribution in [0.3, 0.4) is 0 Å². The van der Waals surface area contributed by atoms with Gasteiger partial charge in [0.1, 0.15) is 0 Å². The molecule has 7 atom stereocenters. The molecule has 0 amide bonds. The smallest absolute Gasteiger partial charge is 0.0675 e. The molecular weight excluding hydrogens is 256 g/mol. The normalized spacial score (nSPS) is 60.0. The van der Waals surface area contributed by atoms with Gasteiger partial charge in [-0.3, -0.25) is 0 Å². The van der Waals surface area contributed by atoms with Crippen molar-refractivity contribution in [1.82, 2.24) is 0 Å². The molecule has 0 unspecified atom stereocenters. The average molecular weight is 290 g/mol. The summed E-state index contributed by atoms with van der Waals surface area (Å²) in [5, 5.41) is 10.9. The molecule has 4 aliphatic rings. The van der Waals surface area contributed by atoms with Gasteiger partial charge in [-0.2, -0.15) is 0 Å². The Labute approximate surface area is 130 Å². The van der Waals surface area contributed by atoms with Crippen LogP contribution in [0.5, 0.6) is 0 Å². The molecule has 0 bridgehead atoms. The number of rotatable bonds is 0. The summed E-state index contributed by atoms with van der Waals surface area (Å²) in [4.78, 5) is 0. The van der Waals surface area contributed by atoms with Crippen LogP contribution < -0.4 is 0 Å². The minimum atomic E-state index is -0.410. The van der Waals surface area contributed by atoms with Crippen LogP contribution in [0.2, 0.25) is 0 Å². The highest BCUT2D eigenvalue weighted by Crippen LogP contribution is 2.68. The lowest BCUT2D eigenvalue weighted by molar-refractivity contribution is -0.145. The second-order valence-corrected chi connectivity index (χ2v) is 9.67. The Kier molecular flexibility index (Phi) is 3.11. The summed E-state index contributed by atoms with van der Waals surface area (Å²) in [6.45, 7) is 7.18. The van der Waals surface area contributed by atoms with Crippen molar-refractivity contribution in [3.63, 3.8) is 0 Å². The molecule has 0 aromatic carbocycles. The third-order valence-corrected chi connectivity index (χ3v) is 9.15. The average Bonchev–Trinajstić information content (AvgIpc) is 2.69. The van der Waals surface area contributed by atoms with E-state index in [1.54, 1.807) is 0 Å². The molecule has 1 nitrogen and oxygen atoms in total. The van der Waals surface area contributed by atoms with E-state index in [1.165, 1.54) is 57.8 Å². The predicted octanol–water partition coefficient (Wildman–Crippen LogP) is 5.17. The number of aliphatic hydroxyl groups is 1. The van der Waals surface area contributed by atoms with Gasteiger partial charge in [-0.15, -0.1) is 0 Å². The molecule has 0 aliphatic heterocycles. The van der Waals surface area contributed by atoms with Crippen molar-refractivity contribution in [3.8, 4) is 0 Å². The molecule has 4 rings (SSSR count). The molecule has 0 heterocycles. The Morgan fingerprint density at radius 1 is 0.762 bits per heavy atom. The zero-order valence-electron chi connectivity index (χ0n) is 14.3. The first-order valence-electron chi connectivity index (χ1n) is 9.61. The van der Waals surface area contributed by atoms with Crippen LogP contribution in [0, 0.1) is 34.5 Å². The summed E-state index contributed by atoms with van der Waals surface area (Å²) in [5.74, 6) is 3.69. The lowest BCUT2D eigenvalue weighted by Gasteiger charge is -2.61. The Bertz CT molecular complexity index is 428. The Morgan fingerprint density at radius 3 is 2.33 bits per heavy atom. The van der Waals surface area contributed by atoms with E-state index in [0.717, 1.165) is 30.1 Å². The van der Waals surface area contributed by atoms with Crippen LogP contribution >= 0.6 is 0 Å². The van der Waals surface area contributed by atoms with E-state index in [-0.39, 0.29) is 5.41 Å². The molecule has 0 aromatic heterocycles. The molecule has 21 heavy (non-hydrogen) atoms. The molecule has 4 saturated carbocycles. The van der Waals surface area contributed by atoms with E-state index in [4.69, 9.17) is 0 Å². The molecular formula is C20H34O. The zero-order chi connectivity index (χ0) is 14.9. The van der Waals surface area contributed by atoms with Gasteiger partial charge in [0.15, 0.2) is 0 Å². The SMILES string of the molecule is C[C@]12CCCC[C@@H]1CC[C@@H]1[C@H]3CC[C@](C)(O)[C@@]3(C)CC[C@@H]12. The minimum Gasteiger partial charge on any atom is -0.390 e. The summed E-state index contributed by atoms with van der Waals surface area (Å²) in [6.07, 6.45) is 13.9. The van der Waals surface area contributed by atoms with Gasteiger partial charge in [0, 0.05) is 0 Å². The van der Waals surface area contributed by atoms with Crippen LogP contribution in [0.1, 0.15) is 85.0 Å². The largest absolute Gasteiger partial charge is 0.390 e. The van der Waals surface area contributed by atoms with E-state index in [0.29, 0.717) is 5.41 Å². The van der Waals surface area contributed by atoms with Crippen molar-refractivity contribution >= 4 is 0 Å².